The molecule has 3 aliphatic heterocycles. The largest absolute Gasteiger partial charge is 0.467 e. The van der Waals surface area contributed by atoms with Crippen molar-refractivity contribution in [3.63, 3.8) is 0 Å². The lowest BCUT2D eigenvalue weighted by Crippen LogP contribution is -2.81. The Balaban J connectivity index is 1.87. The molecule has 1 aromatic carbocycles. The highest BCUT2D eigenvalue weighted by atomic mass is 16.6. The average molecular weight is 427 g/mol. The Labute approximate surface area is 182 Å². The van der Waals surface area contributed by atoms with Gasteiger partial charge in [-0.25, -0.2) is 4.79 Å². The van der Waals surface area contributed by atoms with Crippen LogP contribution in [0.25, 0.3) is 0 Å². The Kier molecular flexibility index (Phi) is 4.34. The quantitative estimate of drug-likeness (QED) is 0.581. The van der Waals surface area contributed by atoms with Gasteiger partial charge in [0, 0.05) is 43.1 Å². The first kappa shape index (κ1) is 20.5. The summed E-state index contributed by atoms with van der Waals surface area (Å²) in [7, 11) is 3.19. The molecule has 7 heteroatoms. The number of carbonyl (C=O) groups is 2. The molecule has 4 aliphatic rings. The Hall–Kier alpha value is -2.38. The molecule has 3 heterocycles. The third-order valence-corrected chi connectivity index (χ3v) is 8.32. The van der Waals surface area contributed by atoms with E-state index in [1.54, 1.807) is 0 Å². The number of aliphatic hydroxyl groups is 1. The lowest BCUT2D eigenvalue weighted by atomic mass is 9.47. The minimum atomic E-state index is -2.03. The topological polar surface area (TPSA) is 79.3 Å². The van der Waals surface area contributed by atoms with Crippen LogP contribution in [0.3, 0.4) is 0 Å². The van der Waals surface area contributed by atoms with Crippen LogP contribution in [0.4, 0.5) is 5.69 Å². The summed E-state index contributed by atoms with van der Waals surface area (Å²) in [5.74, 6) is -1.28. The predicted molar refractivity (Wildman–Crippen MR) is 115 cm³/mol. The highest BCUT2D eigenvalue weighted by Gasteiger charge is 2.80. The van der Waals surface area contributed by atoms with Crippen molar-refractivity contribution in [1.82, 2.24) is 4.90 Å². The Morgan fingerprint density at radius 2 is 2.00 bits per heavy atom. The van der Waals surface area contributed by atoms with Gasteiger partial charge in [-0.05, 0) is 31.0 Å². The van der Waals surface area contributed by atoms with Crippen molar-refractivity contribution in [2.24, 2.45) is 5.41 Å². The molecule has 7 nitrogen and oxygen atoms in total. The van der Waals surface area contributed by atoms with Crippen LogP contribution in [-0.4, -0.2) is 73.0 Å². The van der Waals surface area contributed by atoms with Crippen molar-refractivity contribution in [2.75, 3.05) is 32.1 Å². The maximum Gasteiger partial charge on any atom is 0.344 e. The number of nitrogens with zero attached hydrogens (tertiary/aromatic N) is 2. The second kappa shape index (κ2) is 6.56. The highest BCUT2D eigenvalue weighted by molar-refractivity contribution is 5.86. The molecule has 166 valence electrons. The van der Waals surface area contributed by atoms with E-state index in [0.29, 0.717) is 6.42 Å². The van der Waals surface area contributed by atoms with Crippen LogP contribution < -0.4 is 4.90 Å². The van der Waals surface area contributed by atoms with Gasteiger partial charge in [-0.2, -0.15) is 0 Å². The second-order valence-electron chi connectivity index (χ2n) is 9.39. The molecule has 0 unspecified atom stereocenters. The molecule has 31 heavy (non-hydrogen) atoms. The number of ether oxygens (including phenoxy) is 2. The third-order valence-electron chi connectivity index (χ3n) is 8.32. The van der Waals surface area contributed by atoms with Gasteiger partial charge in [-0.3, -0.25) is 9.69 Å². The van der Waals surface area contributed by atoms with Crippen molar-refractivity contribution in [3.05, 3.63) is 42.0 Å². The fourth-order valence-electron chi connectivity index (χ4n) is 7.53. The minimum Gasteiger partial charge on any atom is -0.467 e. The van der Waals surface area contributed by atoms with E-state index >= 15 is 0 Å². The van der Waals surface area contributed by atoms with Crippen molar-refractivity contribution >= 4 is 17.6 Å². The van der Waals surface area contributed by atoms with Crippen molar-refractivity contribution in [3.8, 4) is 0 Å². The van der Waals surface area contributed by atoms with E-state index in [1.165, 1.54) is 14.0 Å². The fourth-order valence-corrected chi connectivity index (χ4v) is 7.53. The fraction of sp³-hybridized carbons (Fsp3) is 0.583. The normalized spacial score (nSPS) is 40.2. The number of rotatable bonds is 3. The molecule has 1 N–H and O–H groups in total. The minimum absolute atomic E-state index is 0.0135. The summed E-state index contributed by atoms with van der Waals surface area (Å²) in [4.78, 5) is 30.1. The van der Waals surface area contributed by atoms with E-state index in [-0.39, 0.29) is 6.04 Å². The standard InChI is InChI=1S/C24H30N2O5/c1-5-22-11-8-13-26-14-12-23(18(22)26)16-9-6-7-10-17(16)25(3)19(23)24(29,21(28)30-4)20(22)31-15(2)27/h6-11,18-20,29H,5,12-14H2,1-4H3/t18-,19-,20-,22+,23-,24+/m0/s1. The zero-order valence-electron chi connectivity index (χ0n) is 18.5. The molecule has 2 fully saturated rings. The number of methoxy groups -OCH3 is 1. The van der Waals surface area contributed by atoms with Gasteiger partial charge in [0.2, 0.25) is 5.60 Å². The second-order valence-corrected chi connectivity index (χ2v) is 9.39. The lowest BCUT2D eigenvalue weighted by Gasteiger charge is -2.63. The number of hydrogen-bond acceptors (Lipinski definition) is 7. The van der Waals surface area contributed by atoms with Crippen LogP contribution in [0.1, 0.15) is 32.3 Å². The zero-order valence-corrected chi connectivity index (χ0v) is 18.5. The number of hydrogen-bond donors (Lipinski definition) is 1. The molecule has 1 aromatic rings. The smallest absolute Gasteiger partial charge is 0.344 e. The molecular formula is C24H30N2O5. The van der Waals surface area contributed by atoms with Gasteiger partial charge < -0.3 is 19.5 Å². The summed E-state index contributed by atoms with van der Waals surface area (Å²) in [5.41, 5.74) is -1.10. The Bertz CT molecular complexity index is 978. The Morgan fingerprint density at radius 3 is 2.68 bits per heavy atom. The maximum atomic E-state index is 13.4. The molecule has 1 aliphatic carbocycles. The molecule has 1 spiro atoms. The van der Waals surface area contributed by atoms with E-state index in [4.69, 9.17) is 9.47 Å². The first-order chi connectivity index (χ1) is 14.8. The van der Waals surface area contributed by atoms with Gasteiger partial charge >= 0.3 is 11.9 Å². The molecular weight excluding hydrogens is 396 g/mol. The summed E-state index contributed by atoms with van der Waals surface area (Å²) in [6.07, 6.45) is 4.52. The van der Waals surface area contributed by atoms with Gasteiger partial charge in [0.25, 0.3) is 0 Å². The molecule has 1 saturated carbocycles. The lowest BCUT2D eigenvalue weighted by molar-refractivity contribution is -0.228. The monoisotopic (exact) mass is 426 g/mol. The van der Waals surface area contributed by atoms with Crippen LogP contribution in [0.2, 0.25) is 0 Å². The predicted octanol–water partition coefficient (Wildman–Crippen LogP) is 1.63. The maximum absolute atomic E-state index is 13.4. The van der Waals surface area contributed by atoms with Crippen LogP contribution in [-0.2, 0) is 24.5 Å². The first-order valence-electron chi connectivity index (χ1n) is 11.0. The summed E-state index contributed by atoms with van der Waals surface area (Å²) in [5, 5.41) is 12.4. The summed E-state index contributed by atoms with van der Waals surface area (Å²) in [6.45, 7) is 5.02. The number of likely N-dealkylation sites (N-methyl/N-ethyl adjacent to an activating group) is 1. The molecule has 1 saturated heterocycles. The van der Waals surface area contributed by atoms with Crippen molar-refractivity contribution in [1.29, 1.82) is 0 Å². The molecule has 0 bridgehead atoms. The average Bonchev–Trinajstić information content (AvgIpc) is 3.28. The van der Waals surface area contributed by atoms with Gasteiger partial charge in [-0.1, -0.05) is 37.3 Å². The number of anilines is 1. The van der Waals surface area contributed by atoms with Crippen molar-refractivity contribution < 1.29 is 24.2 Å². The van der Waals surface area contributed by atoms with E-state index in [1.807, 2.05) is 37.1 Å². The summed E-state index contributed by atoms with van der Waals surface area (Å²) in [6, 6.07) is 7.53. The third kappa shape index (κ3) is 2.21. The molecule has 5 rings (SSSR count). The van der Waals surface area contributed by atoms with Crippen LogP contribution in [0.15, 0.2) is 36.4 Å². The van der Waals surface area contributed by atoms with Crippen LogP contribution in [0, 0.1) is 5.41 Å². The summed E-state index contributed by atoms with van der Waals surface area (Å²) >= 11 is 0. The summed E-state index contributed by atoms with van der Waals surface area (Å²) < 4.78 is 11.1. The number of esters is 2. The molecule has 0 aromatic heterocycles. The first-order valence-corrected chi connectivity index (χ1v) is 11.0. The molecule has 0 amide bonds. The van der Waals surface area contributed by atoms with Gasteiger partial charge in [-0.15, -0.1) is 0 Å². The van der Waals surface area contributed by atoms with Crippen LogP contribution >= 0.6 is 0 Å². The SMILES string of the molecule is CC[C@]12C=CCN3CC[C@]4(c5ccccc5N(C)[C@@H]4[C@](O)(C(=O)OC)[C@H]1OC(C)=O)[C@@H]32. The number of para-hydroxylation sites is 1. The number of fused-ring (bicyclic) bond motifs is 1. The molecule has 0 radical (unpaired) electrons. The van der Waals surface area contributed by atoms with E-state index in [0.717, 1.165) is 30.8 Å². The van der Waals surface area contributed by atoms with Gasteiger partial charge in [0.1, 0.15) is 0 Å². The van der Waals surface area contributed by atoms with E-state index in [9.17, 15) is 14.7 Å². The number of carbonyl (C=O) groups excluding carboxylic acids is 2. The number of benzene rings is 1. The van der Waals surface area contributed by atoms with Gasteiger partial charge in [0.05, 0.1) is 13.2 Å². The van der Waals surface area contributed by atoms with E-state index < -0.39 is 40.5 Å². The van der Waals surface area contributed by atoms with Gasteiger partial charge in [0.15, 0.2) is 6.10 Å². The van der Waals surface area contributed by atoms with Crippen LogP contribution in [0.5, 0.6) is 0 Å². The highest BCUT2D eigenvalue weighted by Crippen LogP contribution is 2.67. The van der Waals surface area contributed by atoms with E-state index in [2.05, 4.69) is 23.1 Å². The molecule has 6 atom stereocenters. The van der Waals surface area contributed by atoms with Crippen molar-refractivity contribution in [2.45, 2.75) is 55.9 Å². The Morgan fingerprint density at radius 1 is 1.26 bits per heavy atom. The zero-order chi connectivity index (χ0) is 22.2.